The summed E-state index contributed by atoms with van der Waals surface area (Å²) in [4.78, 5) is 50.0. The fourth-order valence-corrected chi connectivity index (χ4v) is 5.40. The first kappa shape index (κ1) is 21.5. The molecule has 2 fully saturated rings. The van der Waals surface area contributed by atoms with Crippen LogP contribution in [0.1, 0.15) is 54.0 Å². The third kappa shape index (κ3) is 3.47. The van der Waals surface area contributed by atoms with E-state index in [1.165, 1.54) is 18.6 Å². The first-order chi connectivity index (χ1) is 16.0. The average molecular weight is 450 g/mol. The van der Waals surface area contributed by atoms with E-state index in [-0.39, 0.29) is 42.3 Å². The highest BCUT2D eigenvalue weighted by Gasteiger charge is 2.58. The van der Waals surface area contributed by atoms with Crippen molar-refractivity contribution in [1.82, 2.24) is 24.8 Å². The van der Waals surface area contributed by atoms with Crippen LogP contribution in [0.5, 0.6) is 0 Å². The van der Waals surface area contributed by atoms with Crippen molar-refractivity contribution < 1.29 is 14.7 Å². The Kier molecular flexibility index (Phi) is 5.57. The van der Waals surface area contributed by atoms with Gasteiger partial charge in [0.1, 0.15) is 5.69 Å². The number of rotatable bonds is 5. The van der Waals surface area contributed by atoms with Crippen LogP contribution in [-0.2, 0) is 11.3 Å². The predicted octanol–water partition coefficient (Wildman–Crippen LogP) is 1.14. The lowest BCUT2D eigenvalue weighted by Gasteiger charge is -2.38. The summed E-state index contributed by atoms with van der Waals surface area (Å²) in [5.74, 6) is -1.70. The van der Waals surface area contributed by atoms with Crippen LogP contribution < -0.4 is 10.9 Å². The lowest BCUT2D eigenvalue weighted by molar-refractivity contribution is -0.128. The molecular formula is C24H27N5O4. The summed E-state index contributed by atoms with van der Waals surface area (Å²) >= 11 is 0. The molecule has 1 saturated carbocycles. The van der Waals surface area contributed by atoms with Crippen LogP contribution in [0, 0.1) is 11.8 Å². The minimum atomic E-state index is -0.678. The van der Waals surface area contributed by atoms with Crippen molar-refractivity contribution in [3.63, 3.8) is 0 Å². The first-order valence-corrected chi connectivity index (χ1v) is 11.4. The summed E-state index contributed by atoms with van der Waals surface area (Å²) < 4.78 is 1.66. The molecule has 2 N–H and O–H groups in total. The fourth-order valence-electron chi connectivity index (χ4n) is 5.40. The molecule has 2 bridgehead atoms. The van der Waals surface area contributed by atoms with E-state index in [4.69, 9.17) is 0 Å². The number of aromatic nitrogens is 3. The predicted molar refractivity (Wildman–Crippen MR) is 120 cm³/mol. The molecule has 5 rings (SSSR count). The molecule has 0 radical (unpaired) electrons. The normalized spacial score (nSPS) is 26.2. The third-order valence-electron chi connectivity index (χ3n) is 7.19. The average Bonchev–Trinajstić information content (AvgIpc) is 3.05. The van der Waals surface area contributed by atoms with Gasteiger partial charge in [0.25, 0.3) is 11.5 Å². The van der Waals surface area contributed by atoms with E-state index in [1.807, 2.05) is 13.0 Å². The van der Waals surface area contributed by atoms with E-state index in [2.05, 4.69) is 15.3 Å². The van der Waals surface area contributed by atoms with E-state index in [9.17, 15) is 19.5 Å². The van der Waals surface area contributed by atoms with Crippen LogP contribution in [0.25, 0.3) is 6.08 Å². The number of amides is 2. The van der Waals surface area contributed by atoms with Gasteiger partial charge in [0, 0.05) is 48.8 Å². The van der Waals surface area contributed by atoms with Gasteiger partial charge in [0.2, 0.25) is 5.91 Å². The molecule has 4 atom stereocenters. The highest BCUT2D eigenvalue weighted by atomic mass is 16.3. The highest BCUT2D eigenvalue weighted by molar-refractivity contribution is 5.94. The van der Waals surface area contributed by atoms with E-state index in [0.717, 1.165) is 19.3 Å². The molecule has 3 aliphatic rings. The number of aliphatic hydroxyl groups is 1. The highest BCUT2D eigenvalue weighted by Crippen LogP contribution is 2.49. The SMILES string of the molecule is C/C=C/c1ccc2n(c1=O)C[C@@H]1[C@@H](CO)[C@H](C(=O)NC3CCC3)[C@H]2N1C(=O)c1cnccn1. The van der Waals surface area contributed by atoms with Gasteiger partial charge in [0.05, 0.1) is 24.2 Å². The number of allylic oxidation sites excluding steroid dienone is 1. The molecule has 4 heterocycles. The molecule has 0 unspecified atom stereocenters. The zero-order chi connectivity index (χ0) is 23.1. The quantitative estimate of drug-likeness (QED) is 0.707. The first-order valence-electron chi connectivity index (χ1n) is 11.4. The van der Waals surface area contributed by atoms with E-state index >= 15 is 0 Å². The molecule has 9 nitrogen and oxygen atoms in total. The van der Waals surface area contributed by atoms with E-state index in [0.29, 0.717) is 11.3 Å². The lowest BCUT2D eigenvalue weighted by atomic mass is 9.85. The maximum Gasteiger partial charge on any atom is 0.274 e. The molecule has 0 spiro atoms. The number of hydrogen-bond donors (Lipinski definition) is 2. The van der Waals surface area contributed by atoms with Gasteiger partial charge in [-0.1, -0.05) is 12.2 Å². The molecule has 9 heteroatoms. The standard InChI is InChI=1S/C24H27N5O4/c1-2-4-14-7-8-18-21-20(22(31)27-15-5-3-6-15)16(13-30)19(12-28(18)23(14)32)29(21)24(33)17-11-25-9-10-26-17/h2,4,7-11,15-16,19-21,30H,3,5-6,12-13H2,1H3,(H,27,31)/b4-2+/t16-,19-,20+,21+/m1/s1. The molecule has 2 aliphatic heterocycles. The van der Waals surface area contributed by atoms with Gasteiger partial charge in [-0.05, 0) is 38.3 Å². The van der Waals surface area contributed by atoms with Crippen molar-refractivity contribution in [1.29, 1.82) is 0 Å². The van der Waals surface area contributed by atoms with Gasteiger partial charge in [0.15, 0.2) is 0 Å². The Morgan fingerprint density at radius 2 is 2.09 bits per heavy atom. The second kappa shape index (κ2) is 8.55. The zero-order valence-corrected chi connectivity index (χ0v) is 18.4. The largest absolute Gasteiger partial charge is 0.396 e. The maximum absolute atomic E-state index is 13.6. The molecule has 0 aromatic carbocycles. The van der Waals surface area contributed by atoms with E-state index in [1.54, 1.807) is 27.7 Å². The van der Waals surface area contributed by atoms with Crippen molar-refractivity contribution in [2.24, 2.45) is 11.8 Å². The smallest absolute Gasteiger partial charge is 0.274 e. The summed E-state index contributed by atoms with van der Waals surface area (Å²) in [6.07, 6.45) is 10.8. The molecule has 33 heavy (non-hydrogen) atoms. The number of aliphatic hydroxyl groups excluding tert-OH is 1. The van der Waals surface area contributed by atoms with Crippen molar-refractivity contribution >= 4 is 17.9 Å². The Morgan fingerprint density at radius 3 is 2.73 bits per heavy atom. The molecule has 1 saturated heterocycles. The minimum absolute atomic E-state index is 0.126. The van der Waals surface area contributed by atoms with Gasteiger partial charge < -0.3 is 19.9 Å². The number of nitrogens with one attached hydrogen (secondary N) is 1. The number of pyridine rings is 1. The topological polar surface area (TPSA) is 117 Å². The Morgan fingerprint density at radius 1 is 1.27 bits per heavy atom. The van der Waals surface area contributed by atoms with Gasteiger partial charge in [-0.2, -0.15) is 0 Å². The Bertz CT molecular complexity index is 1160. The van der Waals surface area contributed by atoms with E-state index < -0.39 is 23.9 Å². The van der Waals surface area contributed by atoms with Crippen molar-refractivity contribution in [2.75, 3.05) is 6.61 Å². The fraction of sp³-hybridized carbons (Fsp3) is 0.458. The summed E-state index contributed by atoms with van der Waals surface area (Å²) in [5, 5.41) is 13.4. The van der Waals surface area contributed by atoms with Crippen LogP contribution in [0.3, 0.4) is 0 Å². The van der Waals surface area contributed by atoms with Gasteiger partial charge in [-0.3, -0.25) is 19.4 Å². The molecule has 2 amide bonds. The van der Waals surface area contributed by atoms with Crippen LogP contribution in [-0.4, -0.2) is 55.0 Å². The third-order valence-corrected chi connectivity index (χ3v) is 7.19. The number of carbonyl (C=O) groups is 2. The van der Waals surface area contributed by atoms with Crippen LogP contribution in [0.15, 0.2) is 41.6 Å². The molecule has 2 aromatic heterocycles. The minimum Gasteiger partial charge on any atom is -0.396 e. The van der Waals surface area contributed by atoms with Crippen molar-refractivity contribution in [2.45, 2.75) is 50.9 Å². The van der Waals surface area contributed by atoms with Crippen molar-refractivity contribution in [3.8, 4) is 0 Å². The summed E-state index contributed by atoms with van der Waals surface area (Å²) in [6.45, 7) is 1.79. The van der Waals surface area contributed by atoms with Gasteiger partial charge in [-0.15, -0.1) is 0 Å². The molecule has 1 aliphatic carbocycles. The number of fused-ring (bicyclic) bond motifs is 4. The second-order valence-electron chi connectivity index (χ2n) is 8.95. The van der Waals surface area contributed by atoms with Gasteiger partial charge >= 0.3 is 0 Å². The Labute approximate surface area is 191 Å². The molecule has 172 valence electrons. The maximum atomic E-state index is 13.6. The van der Waals surface area contributed by atoms with Crippen LogP contribution >= 0.6 is 0 Å². The summed E-state index contributed by atoms with van der Waals surface area (Å²) in [7, 11) is 0. The summed E-state index contributed by atoms with van der Waals surface area (Å²) in [6, 6.07) is 2.48. The van der Waals surface area contributed by atoms with Gasteiger partial charge in [-0.25, -0.2) is 4.98 Å². The van der Waals surface area contributed by atoms with Crippen LogP contribution in [0.4, 0.5) is 0 Å². The number of nitrogens with zero attached hydrogens (tertiary/aromatic N) is 4. The number of carbonyl (C=O) groups excluding carboxylic acids is 2. The molecule has 2 aromatic rings. The van der Waals surface area contributed by atoms with Crippen LogP contribution in [0.2, 0.25) is 0 Å². The summed E-state index contributed by atoms with van der Waals surface area (Å²) in [5.41, 5.74) is 1.16. The Balaban J connectivity index is 1.62. The second-order valence-corrected chi connectivity index (χ2v) is 8.95. The Hall–Kier alpha value is -3.33. The number of hydrogen-bond acceptors (Lipinski definition) is 6. The lowest BCUT2D eigenvalue weighted by Crippen LogP contribution is -2.49. The monoisotopic (exact) mass is 449 g/mol. The molecular weight excluding hydrogens is 422 g/mol. The zero-order valence-electron chi connectivity index (χ0n) is 18.4. The van der Waals surface area contributed by atoms with Crippen molar-refractivity contribution in [3.05, 3.63) is 64.1 Å².